The zero-order chi connectivity index (χ0) is 12.7. The summed E-state index contributed by atoms with van der Waals surface area (Å²) < 4.78 is 10.5. The van der Waals surface area contributed by atoms with Crippen LogP contribution in [0.3, 0.4) is 0 Å². The lowest BCUT2D eigenvalue weighted by molar-refractivity contribution is -0.138. The van der Waals surface area contributed by atoms with E-state index in [4.69, 9.17) is 9.47 Å². The first kappa shape index (κ1) is 14.2. The standard InChI is InChI=1S/C13H23NO3/c1-4-14(10-12-7-6-8-17-12)9-11(3)13(15)16-5-2/h12H,3-10H2,1-2H3. The molecule has 0 aliphatic carbocycles. The first-order valence-corrected chi connectivity index (χ1v) is 6.36. The maximum absolute atomic E-state index is 11.5. The van der Waals surface area contributed by atoms with Gasteiger partial charge in [-0.05, 0) is 26.3 Å². The molecule has 0 aromatic heterocycles. The SMILES string of the molecule is C=C(CN(CC)CC1CCCO1)C(=O)OCC. The molecule has 0 amide bonds. The summed E-state index contributed by atoms with van der Waals surface area (Å²) in [6.07, 6.45) is 2.56. The molecule has 1 heterocycles. The Morgan fingerprint density at radius 1 is 1.53 bits per heavy atom. The van der Waals surface area contributed by atoms with Crippen molar-refractivity contribution in [1.29, 1.82) is 0 Å². The van der Waals surface area contributed by atoms with E-state index in [1.165, 1.54) is 0 Å². The van der Waals surface area contributed by atoms with E-state index in [0.717, 1.165) is 32.5 Å². The maximum Gasteiger partial charge on any atom is 0.334 e. The van der Waals surface area contributed by atoms with Gasteiger partial charge in [-0.2, -0.15) is 0 Å². The van der Waals surface area contributed by atoms with Gasteiger partial charge in [0.15, 0.2) is 0 Å². The van der Waals surface area contributed by atoms with Gasteiger partial charge in [0.2, 0.25) is 0 Å². The Kier molecular flexibility index (Phi) is 6.22. The first-order chi connectivity index (χ1) is 8.17. The number of nitrogens with zero attached hydrogens (tertiary/aromatic N) is 1. The molecule has 0 saturated carbocycles. The summed E-state index contributed by atoms with van der Waals surface area (Å²) in [5, 5.41) is 0. The van der Waals surface area contributed by atoms with Crippen LogP contribution in [0, 0.1) is 0 Å². The van der Waals surface area contributed by atoms with E-state index in [1.807, 2.05) is 0 Å². The highest BCUT2D eigenvalue weighted by molar-refractivity contribution is 5.88. The Morgan fingerprint density at radius 2 is 2.29 bits per heavy atom. The summed E-state index contributed by atoms with van der Waals surface area (Å²) in [6, 6.07) is 0. The Balaban J connectivity index is 2.34. The molecular formula is C13H23NO3. The third-order valence-electron chi connectivity index (χ3n) is 2.91. The fourth-order valence-electron chi connectivity index (χ4n) is 1.95. The van der Waals surface area contributed by atoms with Crippen LogP contribution in [-0.2, 0) is 14.3 Å². The minimum Gasteiger partial charge on any atom is -0.463 e. The molecule has 0 bridgehead atoms. The molecule has 1 fully saturated rings. The molecule has 0 aromatic rings. The number of ether oxygens (including phenoxy) is 2. The highest BCUT2D eigenvalue weighted by Crippen LogP contribution is 2.14. The van der Waals surface area contributed by atoms with Gasteiger partial charge in [-0.1, -0.05) is 13.5 Å². The second-order valence-electron chi connectivity index (χ2n) is 4.29. The van der Waals surface area contributed by atoms with Crippen molar-refractivity contribution in [3.8, 4) is 0 Å². The van der Waals surface area contributed by atoms with Gasteiger partial charge in [0.05, 0.1) is 12.7 Å². The fourth-order valence-corrected chi connectivity index (χ4v) is 1.95. The summed E-state index contributed by atoms with van der Waals surface area (Å²) in [5.41, 5.74) is 0.520. The molecule has 98 valence electrons. The molecular weight excluding hydrogens is 218 g/mol. The molecule has 0 radical (unpaired) electrons. The third-order valence-corrected chi connectivity index (χ3v) is 2.91. The molecule has 0 spiro atoms. The van der Waals surface area contributed by atoms with Gasteiger partial charge in [-0.15, -0.1) is 0 Å². The van der Waals surface area contributed by atoms with Crippen molar-refractivity contribution < 1.29 is 14.3 Å². The van der Waals surface area contributed by atoms with E-state index in [9.17, 15) is 4.79 Å². The van der Waals surface area contributed by atoms with Gasteiger partial charge in [0.25, 0.3) is 0 Å². The monoisotopic (exact) mass is 241 g/mol. The van der Waals surface area contributed by atoms with Crippen LogP contribution in [0.4, 0.5) is 0 Å². The second-order valence-corrected chi connectivity index (χ2v) is 4.29. The lowest BCUT2D eigenvalue weighted by Gasteiger charge is -2.23. The quantitative estimate of drug-likeness (QED) is 0.501. The lowest BCUT2D eigenvalue weighted by atomic mass is 10.2. The van der Waals surface area contributed by atoms with Crippen LogP contribution in [0.1, 0.15) is 26.7 Å². The van der Waals surface area contributed by atoms with Crippen LogP contribution >= 0.6 is 0 Å². The zero-order valence-corrected chi connectivity index (χ0v) is 10.9. The average molecular weight is 241 g/mol. The number of carbonyl (C=O) groups is 1. The smallest absolute Gasteiger partial charge is 0.334 e. The maximum atomic E-state index is 11.5. The molecule has 4 nitrogen and oxygen atoms in total. The van der Waals surface area contributed by atoms with E-state index in [-0.39, 0.29) is 5.97 Å². The highest BCUT2D eigenvalue weighted by atomic mass is 16.5. The van der Waals surface area contributed by atoms with Gasteiger partial charge >= 0.3 is 5.97 Å². The first-order valence-electron chi connectivity index (χ1n) is 6.36. The molecule has 1 unspecified atom stereocenters. The topological polar surface area (TPSA) is 38.8 Å². The van der Waals surface area contributed by atoms with Crippen molar-refractivity contribution in [3.05, 3.63) is 12.2 Å². The summed E-state index contributed by atoms with van der Waals surface area (Å²) in [5.74, 6) is -0.293. The molecule has 1 aliphatic rings. The number of rotatable bonds is 7. The van der Waals surface area contributed by atoms with Crippen LogP contribution < -0.4 is 0 Å². The molecule has 1 aliphatic heterocycles. The Hall–Kier alpha value is -0.870. The molecule has 1 rings (SSSR count). The molecule has 1 saturated heterocycles. The lowest BCUT2D eigenvalue weighted by Crippen LogP contribution is -2.34. The highest BCUT2D eigenvalue weighted by Gasteiger charge is 2.20. The summed E-state index contributed by atoms with van der Waals surface area (Å²) >= 11 is 0. The molecule has 1 atom stereocenters. The van der Waals surface area contributed by atoms with Gasteiger partial charge in [0, 0.05) is 25.3 Å². The van der Waals surface area contributed by atoms with Gasteiger partial charge < -0.3 is 9.47 Å². The van der Waals surface area contributed by atoms with Gasteiger partial charge in [-0.3, -0.25) is 4.90 Å². The largest absolute Gasteiger partial charge is 0.463 e. The van der Waals surface area contributed by atoms with E-state index in [0.29, 0.717) is 24.8 Å². The summed E-state index contributed by atoms with van der Waals surface area (Å²) in [4.78, 5) is 13.6. The van der Waals surface area contributed by atoms with E-state index >= 15 is 0 Å². The predicted molar refractivity (Wildman–Crippen MR) is 66.9 cm³/mol. The van der Waals surface area contributed by atoms with Crippen molar-refractivity contribution in [2.75, 3.05) is 32.8 Å². The van der Waals surface area contributed by atoms with Crippen LogP contribution in [0.5, 0.6) is 0 Å². The van der Waals surface area contributed by atoms with Gasteiger partial charge in [0.1, 0.15) is 0 Å². The minimum atomic E-state index is -0.293. The van der Waals surface area contributed by atoms with Crippen molar-refractivity contribution in [2.45, 2.75) is 32.8 Å². The number of esters is 1. The van der Waals surface area contributed by atoms with Crippen LogP contribution in [0.15, 0.2) is 12.2 Å². The minimum absolute atomic E-state index is 0.293. The normalized spacial score (nSPS) is 19.6. The Bertz CT molecular complexity index is 259. The van der Waals surface area contributed by atoms with Crippen molar-refractivity contribution in [3.63, 3.8) is 0 Å². The van der Waals surface area contributed by atoms with Crippen molar-refractivity contribution in [1.82, 2.24) is 4.90 Å². The van der Waals surface area contributed by atoms with Crippen LogP contribution in [-0.4, -0.2) is 49.8 Å². The molecule has 17 heavy (non-hydrogen) atoms. The van der Waals surface area contributed by atoms with E-state index in [2.05, 4.69) is 18.4 Å². The third kappa shape index (κ3) is 4.88. The number of hydrogen-bond acceptors (Lipinski definition) is 4. The fraction of sp³-hybridized carbons (Fsp3) is 0.769. The average Bonchev–Trinajstić information content (AvgIpc) is 2.81. The second kappa shape index (κ2) is 7.45. The van der Waals surface area contributed by atoms with Crippen LogP contribution in [0.25, 0.3) is 0 Å². The van der Waals surface area contributed by atoms with Gasteiger partial charge in [-0.25, -0.2) is 4.79 Å². The summed E-state index contributed by atoms with van der Waals surface area (Å²) in [6.45, 7) is 11.2. The van der Waals surface area contributed by atoms with Crippen molar-refractivity contribution in [2.24, 2.45) is 0 Å². The predicted octanol–water partition coefficient (Wildman–Crippen LogP) is 1.61. The van der Waals surface area contributed by atoms with Crippen molar-refractivity contribution >= 4 is 5.97 Å². The number of carbonyl (C=O) groups excluding carboxylic acids is 1. The number of hydrogen-bond donors (Lipinski definition) is 0. The Labute approximate surface area is 104 Å². The van der Waals surface area contributed by atoms with Crippen LogP contribution in [0.2, 0.25) is 0 Å². The molecule has 0 N–H and O–H groups in total. The molecule has 0 aromatic carbocycles. The zero-order valence-electron chi connectivity index (χ0n) is 10.9. The number of likely N-dealkylation sites (N-methyl/N-ethyl adjacent to an activating group) is 1. The van der Waals surface area contributed by atoms with E-state index < -0.39 is 0 Å². The summed E-state index contributed by atoms with van der Waals surface area (Å²) in [7, 11) is 0. The molecule has 4 heteroatoms. The van der Waals surface area contributed by atoms with E-state index in [1.54, 1.807) is 6.92 Å². The Morgan fingerprint density at radius 3 is 2.82 bits per heavy atom.